The number of fused-ring (bicyclic) bond motifs is 1. The van der Waals surface area contributed by atoms with Crippen LogP contribution in [0.1, 0.15) is 5.82 Å². The van der Waals surface area contributed by atoms with Crippen LogP contribution in [0.5, 0.6) is 0 Å². The second kappa shape index (κ2) is 2.26. The first-order valence-electron chi connectivity index (χ1n) is 3.28. The standard InChI is InChI=1S/C6H6N6/c7-4(8)6-9-1-3-5(12-6)11-2-10-3/h1-2H,(H3,7,8)(H,9,10,11,12). The summed E-state index contributed by atoms with van der Waals surface area (Å²) in [7, 11) is 0. The molecule has 6 nitrogen and oxygen atoms in total. The molecule has 0 unspecified atom stereocenters. The van der Waals surface area contributed by atoms with Gasteiger partial charge in [0.1, 0.15) is 5.52 Å². The molecule has 0 saturated carbocycles. The summed E-state index contributed by atoms with van der Waals surface area (Å²) < 4.78 is 0. The minimum absolute atomic E-state index is 0.153. The number of nitrogen functional groups attached to an aromatic ring is 1. The van der Waals surface area contributed by atoms with Crippen molar-refractivity contribution in [2.24, 2.45) is 5.73 Å². The molecule has 2 heterocycles. The quantitative estimate of drug-likeness (QED) is 0.393. The molecule has 4 N–H and O–H groups in total. The van der Waals surface area contributed by atoms with E-state index in [1.54, 1.807) is 6.20 Å². The number of nitrogens with two attached hydrogens (primary N) is 1. The van der Waals surface area contributed by atoms with Gasteiger partial charge in [-0.2, -0.15) is 0 Å². The van der Waals surface area contributed by atoms with Crippen LogP contribution in [0.3, 0.4) is 0 Å². The Labute approximate surface area is 67.4 Å². The Balaban J connectivity index is 2.68. The van der Waals surface area contributed by atoms with Crippen LogP contribution in [-0.4, -0.2) is 25.8 Å². The van der Waals surface area contributed by atoms with E-state index in [9.17, 15) is 0 Å². The summed E-state index contributed by atoms with van der Waals surface area (Å²) in [5, 5.41) is 7.08. The molecule has 2 aromatic heterocycles. The van der Waals surface area contributed by atoms with E-state index in [2.05, 4.69) is 19.9 Å². The molecule has 0 aliphatic heterocycles. The fourth-order valence-electron chi connectivity index (χ4n) is 0.866. The Bertz CT molecular complexity index is 430. The second-order valence-corrected chi connectivity index (χ2v) is 2.25. The third-order valence-electron chi connectivity index (χ3n) is 1.42. The molecule has 0 saturated heterocycles. The monoisotopic (exact) mass is 162 g/mol. The summed E-state index contributed by atoms with van der Waals surface area (Å²) in [6.07, 6.45) is 3.06. The molecule has 0 radical (unpaired) electrons. The molecule has 2 aromatic rings. The molecule has 0 aromatic carbocycles. The third kappa shape index (κ3) is 0.895. The molecule has 0 bridgehead atoms. The van der Waals surface area contributed by atoms with E-state index in [-0.39, 0.29) is 11.7 Å². The number of H-pyrrole nitrogens is 1. The SMILES string of the molecule is N=C(N)c1ncc2[nH]cnc2n1. The van der Waals surface area contributed by atoms with Crippen molar-refractivity contribution in [3.63, 3.8) is 0 Å². The van der Waals surface area contributed by atoms with E-state index < -0.39 is 0 Å². The van der Waals surface area contributed by atoms with Gasteiger partial charge in [-0.05, 0) is 0 Å². The highest BCUT2D eigenvalue weighted by Crippen LogP contribution is 2.02. The van der Waals surface area contributed by atoms with Gasteiger partial charge in [-0.25, -0.2) is 15.0 Å². The van der Waals surface area contributed by atoms with Crippen molar-refractivity contribution in [3.05, 3.63) is 18.3 Å². The number of rotatable bonds is 1. The summed E-state index contributed by atoms with van der Waals surface area (Å²) in [5.74, 6) is 0.0505. The first-order chi connectivity index (χ1) is 5.77. The van der Waals surface area contributed by atoms with Gasteiger partial charge >= 0.3 is 0 Å². The van der Waals surface area contributed by atoms with Crippen LogP contribution in [0.25, 0.3) is 11.2 Å². The van der Waals surface area contributed by atoms with Gasteiger partial charge < -0.3 is 10.7 Å². The first-order valence-corrected chi connectivity index (χ1v) is 3.28. The van der Waals surface area contributed by atoms with Gasteiger partial charge in [-0.3, -0.25) is 5.41 Å². The van der Waals surface area contributed by atoms with Crippen molar-refractivity contribution >= 4 is 17.0 Å². The van der Waals surface area contributed by atoms with Gasteiger partial charge in [-0.15, -0.1) is 0 Å². The van der Waals surface area contributed by atoms with Crippen molar-refractivity contribution in [1.29, 1.82) is 5.41 Å². The van der Waals surface area contributed by atoms with Gasteiger partial charge in [0, 0.05) is 0 Å². The zero-order valence-electron chi connectivity index (χ0n) is 6.07. The summed E-state index contributed by atoms with van der Waals surface area (Å²) in [6.45, 7) is 0. The Morgan fingerprint density at radius 1 is 1.50 bits per heavy atom. The Morgan fingerprint density at radius 2 is 2.33 bits per heavy atom. The highest BCUT2D eigenvalue weighted by atomic mass is 15.0. The Kier molecular flexibility index (Phi) is 1.26. The maximum absolute atomic E-state index is 7.08. The lowest BCUT2D eigenvalue weighted by Crippen LogP contribution is -2.15. The average molecular weight is 162 g/mol. The lowest BCUT2D eigenvalue weighted by atomic mass is 10.5. The van der Waals surface area contributed by atoms with Gasteiger partial charge in [-0.1, -0.05) is 0 Å². The molecule has 12 heavy (non-hydrogen) atoms. The van der Waals surface area contributed by atoms with Gasteiger partial charge in [0.25, 0.3) is 0 Å². The van der Waals surface area contributed by atoms with E-state index in [1.165, 1.54) is 6.33 Å². The highest BCUT2D eigenvalue weighted by Gasteiger charge is 2.02. The predicted octanol–water partition coefficient (Wildman–Crippen LogP) is -0.363. The van der Waals surface area contributed by atoms with Crippen LogP contribution < -0.4 is 5.73 Å². The molecule has 0 aliphatic carbocycles. The van der Waals surface area contributed by atoms with Crippen LogP contribution in [0, 0.1) is 5.41 Å². The van der Waals surface area contributed by atoms with Gasteiger partial charge in [0.15, 0.2) is 17.3 Å². The summed E-state index contributed by atoms with van der Waals surface area (Å²) in [5.41, 5.74) is 6.45. The lowest BCUT2D eigenvalue weighted by Gasteiger charge is -1.93. The van der Waals surface area contributed by atoms with Crippen LogP contribution in [-0.2, 0) is 0 Å². The number of hydrogen-bond acceptors (Lipinski definition) is 4. The predicted molar refractivity (Wildman–Crippen MR) is 42.7 cm³/mol. The van der Waals surface area contributed by atoms with Crippen LogP contribution in [0.4, 0.5) is 0 Å². The molecule has 0 amide bonds. The molecule has 6 heteroatoms. The van der Waals surface area contributed by atoms with Crippen molar-refractivity contribution in [2.45, 2.75) is 0 Å². The number of nitrogens with one attached hydrogen (secondary N) is 2. The number of aromatic amines is 1. The topological polar surface area (TPSA) is 104 Å². The highest BCUT2D eigenvalue weighted by molar-refractivity contribution is 5.92. The summed E-state index contributed by atoms with van der Waals surface area (Å²) in [4.78, 5) is 14.5. The molecule has 2 rings (SSSR count). The fraction of sp³-hybridized carbons (Fsp3) is 0. The molecular formula is C6H6N6. The Morgan fingerprint density at radius 3 is 3.08 bits per heavy atom. The van der Waals surface area contributed by atoms with E-state index in [0.717, 1.165) is 5.52 Å². The number of hydrogen-bond donors (Lipinski definition) is 3. The van der Waals surface area contributed by atoms with Crippen molar-refractivity contribution in [3.8, 4) is 0 Å². The minimum atomic E-state index is -0.153. The van der Waals surface area contributed by atoms with E-state index in [1.807, 2.05) is 0 Å². The van der Waals surface area contributed by atoms with E-state index >= 15 is 0 Å². The number of aromatic nitrogens is 4. The van der Waals surface area contributed by atoms with Gasteiger partial charge in [0.2, 0.25) is 0 Å². The molecule has 0 aliphatic rings. The third-order valence-corrected chi connectivity index (χ3v) is 1.42. The average Bonchev–Trinajstić information content (AvgIpc) is 2.49. The number of nitrogens with zero attached hydrogens (tertiary/aromatic N) is 3. The van der Waals surface area contributed by atoms with Crippen LogP contribution >= 0.6 is 0 Å². The van der Waals surface area contributed by atoms with Crippen molar-refractivity contribution in [2.75, 3.05) is 0 Å². The molecule has 0 atom stereocenters. The zero-order chi connectivity index (χ0) is 8.55. The number of amidine groups is 1. The fourth-order valence-corrected chi connectivity index (χ4v) is 0.866. The van der Waals surface area contributed by atoms with Crippen molar-refractivity contribution < 1.29 is 0 Å². The molecular weight excluding hydrogens is 156 g/mol. The minimum Gasteiger partial charge on any atom is -0.381 e. The van der Waals surface area contributed by atoms with Crippen LogP contribution in [0.2, 0.25) is 0 Å². The zero-order valence-corrected chi connectivity index (χ0v) is 6.07. The van der Waals surface area contributed by atoms with Crippen LogP contribution in [0.15, 0.2) is 12.5 Å². The maximum atomic E-state index is 7.08. The summed E-state index contributed by atoms with van der Waals surface area (Å²) >= 11 is 0. The maximum Gasteiger partial charge on any atom is 0.196 e. The van der Waals surface area contributed by atoms with E-state index in [0.29, 0.717) is 5.65 Å². The molecule has 60 valence electrons. The lowest BCUT2D eigenvalue weighted by molar-refractivity contribution is 1.14. The van der Waals surface area contributed by atoms with Gasteiger partial charge in [0.05, 0.1) is 12.5 Å². The van der Waals surface area contributed by atoms with Crippen molar-refractivity contribution in [1.82, 2.24) is 19.9 Å². The first kappa shape index (κ1) is 6.71. The smallest absolute Gasteiger partial charge is 0.196 e. The summed E-state index contributed by atoms with van der Waals surface area (Å²) in [6, 6.07) is 0. The molecule has 0 spiro atoms. The Hall–Kier alpha value is -1.98. The second-order valence-electron chi connectivity index (χ2n) is 2.25. The number of imidazole rings is 1. The largest absolute Gasteiger partial charge is 0.381 e. The van der Waals surface area contributed by atoms with E-state index in [4.69, 9.17) is 11.1 Å². The molecule has 0 fully saturated rings. The normalized spacial score (nSPS) is 10.3.